The molecule has 0 radical (unpaired) electrons. The van der Waals surface area contributed by atoms with E-state index < -0.39 is 0 Å². The molecule has 2 aliphatic heterocycles. The third-order valence-corrected chi connectivity index (χ3v) is 5.33. The third-order valence-electron chi connectivity index (χ3n) is 5.33. The Labute approximate surface area is 172 Å². The van der Waals surface area contributed by atoms with Gasteiger partial charge in [-0.15, -0.1) is 24.0 Å². The predicted octanol–water partition coefficient (Wildman–Crippen LogP) is 2.77. The lowest BCUT2D eigenvalue weighted by Gasteiger charge is -2.20. The Morgan fingerprint density at radius 2 is 1.76 bits per heavy atom. The van der Waals surface area contributed by atoms with Crippen LogP contribution in [0.5, 0.6) is 0 Å². The maximum atomic E-state index is 4.37. The van der Waals surface area contributed by atoms with Crippen LogP contribution in [0.3, 0.4) is 0 Å². The molecule has 0 aromatic heterocycles. The van der Waals surface area contributed by atoms with Crippen LogP contribution in [0.15, 0.2) is 4.99 Å². The SMILES string of the molecule is CCCN1CCC(CNC(=NC)NCCCN2CCCCCC2)C1.I. The molecule has 2 fully saturated rings. The zero-order valence-corrected chi connectivity index (χ0v) is 18.8. The van der Waals surface area contributed by atoms with Crippen molar-refractivity contribution in [1.29, 1.82) is 0 Å². The lowest BCUT2D eigenvalue weighted by Crippen LogP contribution is -2.41. The van der Waals surface area contributed by atoms with Crippen LogP contribution >= 0.6 is 24.0 Å². The Morgan fingerprint density at radius 1 is 1.00 bits per heavy atom. The second-order valence-electron chi connectivity index (χ2n) is 7.44. The van der Waals surface area contributed by atoms with Crippen molar-refractivity contribution in [2.75, 3.05) is 59.4 Å². The minimum atomic E-state index is 0. The predicted molar refractivity (Wildman–Crippen MR) is 119 cm³/mol. The lowest BCUT2D eigenvalue weighted by molar-refractivity contribution is 0.282. The molecule has 2 heterocycles. The van der Waals surface area contributed by atoms with Crippen molar-refractivity contribution in [3.05, 3.63) is 0 Å². The Morgan fingerprint density at radius 3 is 2.44 bits per heavy atom. The summed E-state index contributed by atoms with van der Waals surface area (Å²) in [7, 11) is 1.88. The minimum Gasteiger partial charge on any atom is -0.356 e. The first-order valence-electron chi connectivity index (χ1n) is 10.2. The van der Waals surface area contributed by atoms with Crippen LogP contribution in [0.1, 0.15) is 51.9 Å². The topological polar surface area (TPSA) is 42.9 Å². The molecule has 25 heavy (non-hydrogen) atoms. The molecule has 2 saturated heterocycles. The average Bonchev–Trinajstić information content (AvgIpc) is 2.88. The highest BCUT2D eigenvalue weighted by molar-refractivity contribution is 14.0. The molecule has 2 rings (SSSR count). The lowest BCUT2D eigenvalue weighted by atomic mass is 10.1. The van der Waals surface area contributed by atoms with Gasteiger partial charge in [0, 0.05) is 26.7 Å². The van der Waals surface area contributed by atoms with E-state index in [1.165, 1.54) is 84.2 Å². The number of aliphatic imine (C=N–C) groups is 1. The molecule has 0 aliphatic carbocycles. The number of likely N-dealkylation sites (tertiary alicyclic amines) is 2. The van der Waals surface area contributed by atoms with E-state index in [9.17, 15) is 0 Å². The van der Waals surface area contributed by atoms with Gasteiger partial charge in [0.05, 0.1) is 0 Å². The molecule has 1 atom stereocenters. The first-order valence-corrected chi connectivity index (χ1v) is 10.2. The van der Waals surface area contributed by atoms with Gasteiger partial charge in [0.15, 0.2) is 5.96 Å². The third kappa shape index (κ3) is 9.43. The zero-order valence-electron chi connectivity index (χ0n) is 16.4. The Kier molecular flexibility index (Phi) is 12.9. The molecular weight excluding hydrogens is 425 g/mol. The van der Waals surface area contributed by atoms with E-state index in [-0.39, 0.29) is 24.0 Å². The summed E-state index contributed by atoms with van der Waals surface area (Å²) in [6.45, 7) is 11.9. The summed E-state index contributed by atoms with van der Waals surface area (Å²) in [5.41, 5.74) is 0. The maximum Gasteiger partial charge on any atom is 0.190 e. The molecule has 0 aromatic rings. The van der Waals surface area contributed by atoms with Gasteiger partial charge >= 0.3 is 0 Å². The van der Waals surface area contributed by atoms with Gasteiger partial charge in [-0.25, -0.2) is 0 Å². The molecule has 0 spiro atoms. The molecule has 0 aromatic carbocycles. The van der Waals surface area contributed by atoms with Crippen LogP contribution in [0.4, 0.5) is 0 Å². The summed E-state index contributed by atoms with van der Waals surface area (Å²) >= 11 is 0. The quantitative estimate of drug-likeness (QED) is 0.251. The number of rotatable bonds is 8. The van der Waals surface area contributed by atoms with Crippen LogP contribution in [-0.2, 0) is 0 Å². The van der Waals surface area contributed by atoms with E-state index >= 15 is 0 Å². The molecule has 5 nitrogen and oxygen atoms in total. The summed E-state index contributed by atoms with van der Waals surface area (Å²) in [5.74, 6) is 1.74. The standard InChI is InChI=1S/C19H39N5.HI/c1-3-11-24-15-9-18(17-24)16-22-19(20-2)21-10-8-14-23-12-6-4-5-7-13-23;/h18H,3-17H2,1-2H3,(H2,20,21,22);1H. The largest absolute Gasteiger partial charge is 0.356 e. The van der Waals surface area contributed by atoms with Crippen LogP contribution < -0.4 is 10.6 Å². The van der Waals surface area contributed by atoms with Crippen molar-refractivity contribution in [2.24, 2.45) is 10.9 Å². The van der Waals surface area contributed by atoms with Gasteiger partial charge in [0.1, 0.15) is 0 Å². The fraction of sp³-hybridized carbons (Fsp3) is 0.947. The normalized spacial score (nSPS) is 23.1. The number of hydrogen-bond acceptors (Lipinski definition) is 3. The van der Waals surface area contributed by atoms with Gasteiger partial charge in [-0.3, -0.25) is 4.99 Å². The monoisotopic (exact) mass is 465 g/mol. The van der Waals surface area contributed by atoms with Crippen molar-refractivity contribution in [2.45, 2.75) is 51.9 Å². The first kappa shape index (κ1) is 23.0. The second kappa shape index (κ2) is 14.0. The number of nitrogens with one attached hydrogen (secondary N) is 2. The van der Waals surface area contributed by atoms with Crippen LogP contribution in [0, 0.1) is 5.92 Å². The van der Waals surface area contributed by atoms with Crippen molar-refractivity contribution in [3.8, 4) is 0 Å². The summed E-state index contributed by atoms with van der Waals surface area (Å²) in [6.07, 6.45) is 9.39. The molecule has 0 bridgehead atoms. The van der Waals surface area contributed by atoms with Crippen LogP contribution in [-0.4, -0.2) is 75.2 Å². The van der Waals surface area contributed by atoms with Crippen LogP contribution in [0.2, 0.25) is 0 Å². The van der Waals surface area contributed by atoms with E-state index in [1.54, 1.807) is 0 Å². The van der Waals surface area contributed by atoms with Crippen LogP contribution in [0.25, 0.3) is 0 Å². The first-order chi connectivity index (χ1) is 11.8. The van der Waals surface area contributed by atoms with Gasteiger partial charge in [-0.2, -0.15) is 0 Å². The molecule has 148 valence electrons. The summed E-state index contributed by atoms with van der Waals surface area (Å²) in [6, 6.07) is 0. The fourth-order valence-electron chi connectivity index (χ4n) is 3.93. The van der Waals surface area contributed by atoms with E-state index in [2.05, 4.69) is 32.3 Å². The van der Waals surface area contributed by atoms with E-state index in [0.29, 0.717) is 0 Å². The highest BCUT2D eigenvalue weighted by Crippen LogP contribution is 2.15. The fourth-order valence-corrected chi connectivity index (χ4v) is 3.93. The summed E-state index contributed by atoms with van der Waals surface area (Å²) < 4.78 is 0. The second-order valence-corrected chi connectivity index (χ2v) is 7.44. The zero-order chi connectivity index (χ0) is 17.0. The smallest absolute Gasteiger partial charge is 0.190 e. The Balaban J connectivity index is 0.00000312. The van der Waals surface area contributed by atoms with Gasteiger partial charge in [-0.05, 0) is 70.7 Å². The summed E-state index contributed by atoms with van der Waals surface area (Å²) in [5, 5.41) is 7.00. The number of nitrogens with zero attached hydrogens (tertiary/aromatic N) is 3. The number of halogens is 1. The van der Waals surface area contributed by atoms with Gasteiger partial charge < -0.3 is 20.4 Å². The minimum absolute atomic E-state index is 0. The van der Waals surface area contributed by atoms with Crippen molar-refractivity contribution < 1.29 is 0 Å². The summed E-state index contributed by atoms with van der Waals surface area (Å²) in [4.78, 5) is 9.59. The number of hydrogen-bond donors (Lipinski definition) is 2. The molecular formula is C19H40IN5. The van der Waals surface area contributed by atoms with E-state index in [0.717, 1.165) is 25.0 Å². The molecule has 0 amide bonds. The molecule has 2 N–H and O–H groups in total. The average molecular weight is 465 g/mol. The van der Waals surface area contributed by atoms with Gasteiger partial charge in [0.2, 0.25) is 0 Å². The Hall–Kier alpha value is -0.0800. The maximum absolute atomic E-state index is 4.37. The Bertz CT molecular complexity index is 356. The highest BCUT2D eigenvalue weighted by Gasteiger charge is 2.21. The number of guanidine groups is 1. The molecule has 0 saturated carbocycles. The van der Waals surface area contributed by atoms with Crippen molar-refractivity contribution in [3.63, 3.8) is 0 Å². The van der Waals surface area contributed by atoms with E-state index in [4.69, 9.17) is 0 Å². The molecule has 1 unspecified atom stereocenters. The molecule has 6 heteroatoms. The highest BCUT2D eigenvalue weighted by atomic mass is 127. The van der Waals surface area contributed by atoms with Gasteiger partial charge in [-0.1, -0.05) is 19.8 Å². The van der Waals surface area contributed by atoms with Crippen molar-refractivity contribution in [1.82, 2.24) is 20.4 Å². The van der Waals surface area contributed by atoms with E-state index in [1.807, 2.05) is 7.05 Å². The molecule has 2 aliphatic rings. The van der Waals surface area contributed by atoms with Crippen molar-refractivity contribution >= 4 is 29.9 Å². The van der Waals surface area contributed by atoms with Gasteiger partial charge in [0.25, 0.3) is 0 Å².